The van der Waals surface area contributed by atoms with Crippen LogP contribution in [-0.4, -0.2) is 33.9 Å². The van der Waals surface area contributed by atoms with Crippen molar-refractivity contribution in [1.82, 2.24) is 14.9 Å². The van der Waals surface area contributed by atoms with Crippen LogP contribution in [0.2, 0.25) is 0 Å². The number of halogens is 1. The summed E-state index contributed by atoms with van der Waals surface area (Å²) in [5.74, 6) is 0.278. The fourth-order valence-corrected chi connectivity index (χ4v) is 3.29. The summed E-state index contributed by atoms with van der Waals surface area (Å²) in [5, 5.41) is 0. The number of benzene rings is 1. The van der Waals surface area contributed by atoms with Crippen molar-refractivity contribution in [1.29, 1.82) is 0 Å². The summed E-state index contributed by atoms with van der Waals surface area (Å²) in [4.78, 5) is 23.7. The van der Waals surface area contributed by atoms with Crippen molar-refractivity contribution in [3.8, 4) is 11.4 Å². The number of amides is 1. The molecule has 3 heterocycles. The maximum Gasteiger partial charge on any atom is 0.257 e. The minimum absolute atomic E-state index is 0.0315. The van der Waals surface area contributed by atoms with E-state index in [0.29, 0.717) is 37.3 Å². The molecule has 132 valence electrons. The highest BCUT2D eigenvalue weighted by molar-refractivity contribution is 5.93. The van der Waals surface area contributed by atoms with E-state index < -0.39 is 0 Å². The Bertz CT molecular complexity index is 936. The number of nitrogens with zero attached hydrogens (tertiary/aromatic N) is 3. The minimum atomic E-state index is -0.284. The lowest BCUT2D eigenvalue weighted by Crippen LogP contribution is -2.33. The van der Waals surface area contributed by atoms with Gasteiger partial charge in [-0.25, -0.2) is 14.4 Å². The van der Waals surface area contributed by atoms with E-state index in [0.717, 1.165) is 22.5 Å². The van der Waals surface area contributed by atoms with E-state index in [9.17, 15) is 9.18 Å². The van der Waals surface area contributed by atoms with Gasteiger partial charge in [0.25, 0.3) is 5.91 Å². The van der Waals surface area contributed by atoms with E-state index in [1.807, 2.05) is 11.8 Å². The van der Waals surface area contributed by atoms with E-state index in [2.05, 4.69) is 4.98 Å². The largest absolute Gasteiger partial charge is 0.472 e. The van der Waals surface area contributed by atoms with E-state index in [1.165, 1.54) is 24.7 Å². The Hall–Kier alpha value is -3.02. The van der Waals surface area contributed by atoms with Gasteiger partial charge in [0.2, 0.25) is 0 Å². The van der Waals surface area contributed by atoms with E-state index >= 15 is 0 Å². The lowest BCUT2D eigenvalue weighted by molar-refractivity contribution is 0.0762. The summed E-state index contributed by atoms with van der Waals surface area (Å²) in [6, 6.07) is 7.86. The molecular formula is C20H18FN3O2. The lowest BCUT2D eigenvalue weighted by atomic mass is 10.1. The van der Waals surface area contributed by atoms with Gasteiger partial charge in [0.1, 0.15) is 12.1 Å². The molecule has 5 nitrogen and oxygen atoms in total. The number of aryl methyl sites for hydroxylation is 1. The smallest absolute Gasteiger partial charge is 0.257 e. The van der Waals surface area contributed by atoms with Crippen LogP contribution in [0.5, 0.6) is 0 Å². The molecule has 0 fully saturated rings. The van der Waals surface area contributed by atoms with Gasteiger partial charge < -0.3 is 9.32 Å². The summed E-state index contributed by atoms with van der Waals surface area (Å²) >= 11 is 0. The van der Waals surface area contributed by atoms with Crippen LogP contribution in [0.25, 0.3) is 11.4 Å². The molecule has 1 aromatic carbocycles. The van der Waals surface area contributed by atoms with Crippen LogP contribution in [0.3, 0.4) is 0 Å². The van der Waals surface area contributed by atoms with Crippen molar-refractivity contribution in [2.24, 2.45) is 0 Å². The Morgan fingerprint density at radius 1 is 1.12 bits per heavy atom. The number of aromatic nitrogens is 2. The summed E-state index contributed by atoms with van der Waals surface area (Å²) in [7, 11) is 0. The summed E-state index contributed by atoms with van der Waals surface area (Å²) in [6.45, 7) is 3.18. The van der Waals surface area contributed by atoms with Crippen LogP contribution in [0.15, 0.2) is 47.3 Å². The third-order valence-corrected chi connectivity index (χ3v) is 4.71. The standard InChI is InChI=1S/C20H18FN3O2/c1-13-17-6-9-24(20(25)15-8-11-26-12-15)10-7-18(17)23-19(22-13)14-2-4-16(21)5-3-14/h2-5,8,11-12H,6-7,9-10H2,1H3. The average Bonchev–Trinajstić information content (AvgIpc) is 3.09. The molecule has 0 N–H and O–H groups in total. The van der Waals surface area contributed by atoms with Gasteiger partial charge >= 0.3 is 0 Å². The fraction of sp³-hybridized carbons (Fsp3) is 0.250. The van der Waals surface area contributed by atoms with Gasteiger partial charge in [-0.1, -0.05) is 0 Å². The zero-order chi connectivity index (χ0) is 18.1. The van der Waals surface area contributed by atoms with Crippen LogP contribution in [0.1, 0.15) is 27.3 Å². The van der Waals surface area contributed by atoms with Crippen LogP contribution in [0.4, 0.5) is 4.39 Å². The topological polar surface area (TPSA) is 59.2 Å². The zero-order valence-corrected chi connectivity index (χ0v) is 14.4. The van der Waals surface area contributed by atoms with Gasteiger partial charge in [-0.2, -0.15) is 0 Å². The number of carbonyl (C=O) groups is 1. The van der Waals surface area contributed by atoms with Crippen molar-refractivity contribution < 1.29 is 13.6 Å². The molecule has 1 aliphatic heterocycles. The van der Waals surface area contributed by atoms with Gasteiger partial charge in [-0.15, -0.1) is 0 Å². The number of hydrogen-bond acceptors (Lipinski definition) is 4. The third kappa shape index (κ3) is 3.10. The van der Waals surface area contributed by atoms with Crippen molar-refractivity contribution in [2.45, 2.75) is 19.8 Å². The maximum absolute atomic E-state index is 13.2. The second kappa shape index (κ2) is 6.71. The molecule has 2 aromatic heterocycles. The van der Waals surface area contributed by atoms with Gasteiger partial charge in [-0.05, 0) is 49.2 Å². The predicted molar refractivity (Wildman–Crippen MR) is 94.2 cm³/mol. The number of fused-ring (bicyclic) bond motifs is 1. The molecule has 1 amide bonds. The van der Waals surface area contributed by atoms with Crippen LogP contribution in [0, 0.1) is 12.7 Å². The first kappa shape index (κ1) is 16.4. The fourth-order valence-electron chi connectivity index (χ4n) is 3.29. The Morgan fingerprint density at radius 2 is 1.88 bits per heavy atom. The molecule has 4 rings (SSSR count). The zero-order valence-electron chi connectivity index (χ0n) is 14.4. The summed E-state index contributed by atoms with van der Waals surface area (Å²) in [6.07, 6.45) is 4.35. The van der Waals surface area contributed by atoms with Gasteiger partial charge in [0, 0.05) is 36.5 Å². The normalized spacial score (nSPS) is 14.0. The Kier molecular flexibility index (Phi) is 4.24. The molecular weight excluding hydrogens is 333 g/mol. The second-order valence-electron chi connectivity index (χ2n) is 6.37. The van der Waals surface area contributed by atoms with Crippen molar-refractivity contribution in [3.63, 3.8) is 0 Å². The molecule has 0 spiro atoms. The van der Waals surface area contributed by atoms with Crippen molar-refractivity contribution in [3.05, 3.63) is 71.2 Å². The number of hydrogen-bond donors (Lipinski definition) is 0. The molecule has 26 heavy (non-hydrogen) atoms. The van der Waals surface area contributed by atoms with Crippen LogP contribution in [-0.2, 0) is 12.8 Å². The second-order valence-corrected chi connectivity index (χ2v) is 6.37. The SMILES string of the molecule is Cc1nc(-c2ccc(F)cc2)nc2c1CCN(C(=O)c1ccoc1)CC2. The van der Waals surface area contributed by atoms with Gasteiger partial charge in [-0.3, -0.25) is 4.79 Å². The molecule has 0 saturated heterocycles. The molecule has 0 aliphatic carbocycles. The summed E-state index contributed by atoms with van der Waals surface area (Å²) in [5.41, 5.74) is 4.31. The lowest BCUT2D eigenvalue weighted by Gasteiger charge is -2.19. The molecule has 6 heteroatoms. The Morgan fingerprint density at radius 3 is 2.62 bits per heavy atom. The van der Waals surface area contributed by atoms with E-state index in [-0.39, 0.29) is 11.7 Å². The first-order valence-electron chi connectivity index (χ1n) is 8.55. The molecule has 0 atom stereocenters. The molecule has 0 unspecified atom stereocenters. The number of rotatable bonds is 2. The molecule has 0 radical (unpaired) electrons. The predicted octanol–water partition coefficient (Wildman–Crippen LogP) is 3.43. The minimum Gasteiger partial charge on any atom is -0.472 e. The van der Waals surface area contributed by atoms with E-state index in [1.54, 1.807) is 18.2 Å². The maximum atomic E-state index is 13.2. The highest BCUT2D eigenvalue weighted by atomic mass is 19.1. The average molecular weight is 351 g/mol. The Balaban J connectivity index is 1.61. The van der Waals surface area contributed by atoms with Crippen LogP contribution >= 0.6 is 0 Å². The third-order valence-electron chi connectivity index (χ3n) is 4.71. The molecule has 3 aromatic rings. The van der Waals surface area contributed by atoms with Crippen LogP contribution < -0.4 is 0 Å². The van der Waals surface area contributed by atoms with E-state index in [4.69, 9.17) is 9.40 Å². The quantitative estimate of drug-likeness (QED) is 0.710. The molecule has 0 saturated carbocycles. The highest BCUT2D eigenvalue weighted by Gasteiger charge is 2.23. The molecule has 1 aliphatic rings. The van der Waals surface area contributed by atoms with Crippen molar-refractivity contribution in [2.75, 3.05) is 13.1 Å². The van der Waals surface area contributed by atoms with Gasteiger partial charge in [0.15, 0.2) is 5.82 Å². The Labute approximate surface area is 150 Å². The monoisotopic (exact) mass is 351 g/mol. The highest BCUT2D eigenvalue weighted by Crippen LogP contribution is 2.23. The first-order chi connectivity index (χ1) is 12.6. The van der Waals surface area contributed by atoms with Crippen molar-refractivity contribution >= 4 is 5.91 Å². The number of carbonyl (C=O) groups excluding carboxylic acids is 1. The van der Waals surface area contributed by atoms with Gasteiger partial charge in [0.05, 0.1) is 11.8 Å². The summed E-state index contributed by atoms with van der Waals surface area (Å²) < 4.78 is 18.2. The molecule has 0 bridgehead atoms. The first-order valence-corrected chi connectivity index (χ1v) is 8.55. The number of furan rings is 1.